The van der Waals surface area contributed by atoms with E-state index < -0.39 is 5.97 Å². The van der Waals surface area contributed by atoms with Gasteiger partial charge < -0.3 is 10.8 Å². The maximum atomic E-state index is 13.5. The summed E-state index contributed by atoms with van der Waals surface area (Å²) in [4.78, 5) is 27.3. The third-order valence-electron chi connectivity index (χ3n) is 7.22. The predicted octanol–water partition coefficient (Wildman–Crippen LogP) is 3.70. The lowest BCUT2D eigenvalue weighted by atomic mass is 9.82. The fourth-order valence-electron chi connectivity index (χ4n) is 5.01. The minimum absolute atomic E-state index is 0.0109. The van der Waals surface area contributed by atoms with Crippen LogP contribution in [0.15, 0.2) is 36.5 Å². The lowest BCUT2D eigenvalue weighted by molar-refractivity contribution is -0.124. The number of carboxylic acids is 1. The summed E-state index contributed by atoms with van der Waals surface area (Å²) < 4.78 is 2.83. The van der Waals surface area contributed by atoms with Gasteiger partial charge in [-0.15, -0.1) is 15.3 Å². The van der Waals surface area contributed by atoms with E-state index in [0.29, 0.717) is 22.9 Å². The maximum Gasteiger partial charge on any atom is 0.341 e. The number of anilines is 2. The van der Waals surface area contributed by atoms with Crippen LogP contribution in [-0.4, -0.2) is 52.6 Å². The first-order valence-corrected chi connectivity index (χ1v) is 12.9. The van der Waals surface area contributed by atoms with Crippen molar-refractivity contribution in [3.8, 4) is 23.0 Å². The van der Waals surface area contributed by atoms with Crippen molar-refractivity contribution < 1.29 is 14.7 Å². The van der Waals surface area contributed by atoms with Gasteiger partial charge in [-0.3, -0.25) is 9.69 Å². The van der Waals surface area contributed by atoms with Crippen molar-refractivity contribution in [3.63, 3.8) is 0 Å². The number of carboxylic acid groups (broad SMARTS) is 1. The molecule has 1 aliphatic rings. The highest BCUT2D eigenvalue weighted by molar-refractivity contribution is 6.01. The number of amides is 1. The highest BCUT2D eigenvalue weighted by Crippen LogP contribution is 2.33. The fraction of sp³-hybridized carbons (Fsp3) is 0.370. The molecule has 0 atom stereocenters. The average Bonchev–Trinajstić information content (AvgIpc) is 3.55. The number of carbonyl (C=O) groups excluding carboxylic acids is 1. The van der Waals surface area contributed by atoms with Gasteiger partial charge in [-0.05, 0) is 57.6 Å². The van der Waals surface area contributed by atoms with E-state index >= 15 is 0 Å². The van der Waals surface area contributed by atoms with Gasteiger partial charge in [-0.1, -0.05) is 19.1 Å². The van der Waals surface area contributed by atoms with E-state index in [-0.39, 0.29) is 40.8 Å². The number of nitrogens with zero attached hydrogens (tertiary/aromatic N) is 8. The summed E-state index contributed by atoms with van der Waals surface area (Å²) in [5.41, 5.74) is 8.26. The van der Waals surface area contributed by atoms with Crippen LogP contribution in [0.2, 0.25) is 0 Å². The number of benzene rings is 1. The Labute approximate surface area is 224 Å². The van der Waals surface area contributed by atoms with Gasteiger partial charge in [-0.25, -0.2) is 9.48 Å². The number of hydrogen-bond acceptors (Lipinski definition) is 8. The molecular weight excluding hydrogens is 498 g/mol. The normalized spacial score (nSPS) is 17.3. The number of nitrogens with two attached hydrogens (primary N) is 1. The number of nitrogen functional groups attached to an aromatic ring is 1. The molecule has 39 heavy (non-hydrogen) atoms. The largest absolute Gasteiger partial charge is 0.477 e. The molecule has 1 fully saturated rings. The van der Waals surface area contributed by atoms with E-state index in [4.69, 9.17) is 11.0 Å². The Morgan fingerprint density at radius 3 is 2.44 bits per heavy atom. The molecule has 0 bridgehead atoms. The number of aromatic nitrogens is 6. The Bertz CT molecular complexity index is 1590. The van der Waals surface area contributed by atoms with Crippen molar-refractivity contribution in [2.75, 3.05) is 10.6 Å². The quantitative estimate of drug-likeness (QED) is 0.380. The molecule has 1 aliphatic carbocycles. The first kappa shape index (κ1) is 25.8. The van der Waals surface area contributed by atoms with Crippen molar-refractivity contribution in [3.05, 3.63) is 47.8 Å². The first-order chi connectivity index (χ1) is 18.7. The topological polar surface area (TPSA) is 168 Å². The Balaban J connectivity index is 1.46. The summed E-state index contributed by atoms with van der Waals surface area (Å²) >= 11 is 0. The van der Waals surface area contributed by atoms with Crippen molar-refractivity contribution in [2.24, 2.45) is 11.8 Å². The average molecular weight is 528 g/mol. The molecule has 0 radical (unpaired) electrons. The summed E-state index contributed by atoms with van der Waals surface area (Å²) in [7, 11) is 0. The molecule has 0 spiro atoms. The van der Waals surface area contributed by atoms with Crippen LogP contribution in [-0.2, 0) is 4.79 Å². The zero-order chi connectivity index (χ0) is 27.8. The van der Waals surface area contributed by atoms with E-state index in [1.165, 1.54) is 20.3 Å². The third kappa shape index (κ3) is 4.79. The number of fused-ring (bicyclic) bond motifs is 1. The number of nitriles is 1. The molecule has 1 aromatic carbocycles. The standard InChI is InChI=1S/C27H29N9O3/c1-15(2)35(26(37)18-6-4-16(3)5-7-18)25-20(27(38)39)14-34(33-25)19-10-8-17(9-11-19)21-12-23-31-30-22(13-28)24(29)36(23)32-21/h8-12,14-16,18H,4-7,29H2,1-3H3,(H,38,39). The molecule has 12 nitrogen and oxygen atoms in total. The molecule has 3 heterocycles. The van der Waals surface area contributed by atoms with Gasteiger partial charge in [0.2, 0.25) is 11.6 Å². The minimum Gasteiger partial charge on any atom is -0.477 e. The molecule has 200 valence electrons. The van der Waals surface area contributed by atoms with Crippen LogP contribution < -0.4 is 10.6 Å². The summed E-state index contributed by atoms with van der Waals surface area (Å²) in [5.74, 6) is -0.518. The Kier molecular flexibility index (Phi) is 6.74. The van der Waals surface area contributed by atoms with Crippen LogP contribution >= 0.6 is 0 Å². The number of rotatable bonds is 6. The minimum atomic E-state index is -1.15. The zero-order valence-electron chi connectivity index (χ0n) is 21.9. The lowest BCUT2D eigenvalue weighted by Gasteiger charge is -2.32. The van der Waals surface area contributed by atoms with Gasteiger partial charge in [0.1, 0.15) is 11.6 Å². The molecule has 3 N–H and O–H groups in total. The van der Waals surface area contributed by atoms with Gasteiger partial charge in [-0.2, -0.15) is 14.9 Å². The van der Waals surface area contributed by atoms with Gasteiger partial charge in [0, 0.05) is 29.8 Å². The highest BCUT2D eigenvalue weighted by Gasteiger charge is 2.34. The van der Waals surface area contributed by atoms with Crippen molar-refractivity contribution in [2.45, 2.75) is 52.5 Å². The van der Waals surface area contributed by atoms with E-state index in [9.17, 15) is 14.7 Å². The zero-order valence-corrected chi connectivity index (χ0v) is 21.9. The molecule has 3 aromatic heterocycles. The van der Waals surface area contributed by atoms with Crippen LogP contribution in [0.25, 0.3) is 22.6 Å². The highest BCUT2D eigenvalue weighted by atomic mass is 16.4. The van der Waals surface area contributed by atoms with Crippen LogP contribution in [0.5, 0.6) is 0 Å². The van der Waals surface area contributed by atoms with E-state index in [0.717, 1.165) is 31.2 Å². The molecule has 4 aromatic rings. The van der Waals surface area contributed by atoms with E-state index in [2.05, 4.69) is 27.3 Å². The van der Waals surface area contributed by atoms with Gasteiger partial charge in [0.15, 0.2) is 17.3 Å². The molecule has 0 unspecified atom stereocenters. The van der Waals surface area contributed by atoms with E-state index in [1.807, 2.05) is 32.0 Å². The second-order valence-corrected chi connectivity index (χ2v) is 10.3. The number of aromatic carboxylic acids is 1. The fourth-order valence-corrected chi connectivity index (χ4v) is 5.01. The molecular formula is C27H29N9O3. The molecule has 12 heteroatoms. The second-order valence-electron chi connectivity index (χ2n) is 10.3. The monoisotopic (exact) mass is 527 g/mol. The smallest absolute Gasteiger partial charge is 0.341 e. The van der Waals surface area contributed by atoms with Gasteiger partial charge >= 0.3 is 5.97 Å². The van der Waals surface area contributed by atoms with E-state index in [1.54, 1.807) is 18.2 Å². The molecule has 0 aliphatic heterocycles. The van der Waals surface area contributed by atoms with Crippen molar-refractivity contribution in [1.29, 1.82) is 5.26 Å². The van der Waals surface area contributed by atoms with Crippen LogP contribution in [0.1, 0.15) is 62.5 Å². The molecule has 0 saturated heterocycles. The van der Waals surface area contributed by atoms with Crippen LogP contribution in [0.3, 0.4) is 0 Å². The van der Waals surface area contributed by atoms with Crippen molar-refractivity contribution in [1.82, 2.24) is 29.6 Å². The molecule has 1 amide bonds. The summed E-state index contributed by atoms with van der Waals surface area (Å²) in [6.07, 6.45) is 5.00. The number of carbonyl (C=O) groups is 2. The second kappa shape index (κ2) is 10.2. The summed E-state index contributed by atoms with van der Waals surface area (Å²) in [5, 5.41) is 35.9. The lowest BCUT2D eigenvalue weighted by Crippen LogP contribution is -2.43. The Hall–Kier alpha value is -4.79. The van der Waals surface area contributed by atoms with Gasteiger partial charge in [0.05, 0.1) is 11.4 Å². The Morgan fingerprint density at radius 2 is 1.82 bits per heavy atom. The van der Waals surface area contributed by atoms with Gasteiger partial charge in [0.25, 0.3) is 0 Å². The summed E-state index contributed by atoms with van der Waals surface area (Å²) in [6, 6.07) is 10.5. The Morgan fingerprint density at radius 1 is 1.13 bits per heavy atom. The number of hydrogen-bond donors (Lipinski definition) is 2. The first-order valence-electron chi connectivity index (χ1n) is 12.9. The molecule has 1 saturated carbocycles. The van der Waals surface area contributed by atoms with Crippen molar-refractivity contribution >= 4 is 29.2 Å². The third-order valence-corrected chi connectivity index (χ3v) is 7.22. The van der Waals surface area contributed by atoms with Crippen LogP contribution in [0.4, 0.5) is 11.6 Å². The SMILES string of the molecule is CC1CCC(C(=O)N(c2nn(-c3ccc(-c4cc5nnc(C#N)c(N)n5n4)cc3)cc2C(=O)O)C(C)C)CC1. The molecule has 5 rings (SSSR count). The maximum absolute atomic E-state index is 13.5. The van der Waals surface area contributed by atoms with Crippen LogP contribution in [0, 0.1) is 23.2 Å². The predicted molar refractivity (Wildman–Crippen MR) is 143 cm³/mol. The summed E-state index contributed by atoms with van der Waals surface area (Å²) in [6.45, 7) is 5.93.